The average molecular weight is 282 g/mol. The molecular formula is C19H22O2. The monoisotopic (exact) mass is 282 g/mol. The Balaban J connectivity index is 2.06. The zero-order valence-corrected chi connectivity index (χ0v) is 13.2. The fourth-order valence-corrected chi connectivity index (χ4v) is 2.45. The third-order valence-corrected chi connectivity index (χ3v) is 3.94. The van der Waals surface area contributed by atoms with Gasteiger partial charge < -0.3 is 4.74 Å². The van der Waals surface area contributed by atoms with Crippen LogP contribution in [0.15, 0.2) is 36.4 Å². The van der Waals surface area contributed by atoms with Gasteiger partial charge in [-0.25, -0.2) is 0 Å². The van der Waals surface area contributed by atoms with E-state index in [0.717, 1.165) is 28.9 Å². The van der Waals surface area contributed by atoms with Gasteiger partial charge in [0.25, 0.3) is 0 Å². The smallest absolute Gasteiger partial charge is 0.163 e. The van der Waals surface area contributed by atoms with E-state index in [1.165, 1.54) is 11.1 Å². The van der Waals surface area contributed by atoms with Crippen molar-refractivity contribution in [3.05, 3.63) is 64.2 Å². The zero-order valence-electron chi connectivity index (χ0n) is 13.2. The Morgan fingerprint density at radius 2 is 1.57 bits per heavy atom. The first-order valence-electron chi connectivity index (χ1n) is 7.25. The van der Waals surface area contributed by atoms with Crippen LogP contribution in [0.4, 0.5) is 0 Å². The summed E-state index contributed by atoms with van der Waals surface area (Å²) in [5.41, 5.74) is 5.49. The van der Waals surface area contributed by atoms with Gasteiger partial charge in [0.1, 0.15) is 5.75 Å². The van der Waals surface area contributed by atoms with Crippen molar-refractivity contribution in [1.82, 2.24) is 0 Å². The molecule has 21 heavy (non-hydrogen) atoms. The van der Waals surface area contributed by atoms with Crippen LogP contribution < -0.4 is 4.74 Å². The molecular weight excluding hydrogens is 260 g/mol. The number of Topliss-reactive ketones (excluding diaryl/α,β-unsaturated/α-hetero) is 1. The maximum atomic E-state index is 12.4. The first kappa shape index (κ1) is 15.3. The fourth-order valence-electron chi connectivity index (χ4n) is 2.45. The Kier molecular flexibility index (Phi) is 4.79. The van der Waals surface area contributed by atoms with Crippen LogP contribution >= 0.6 is 0 Å². The number of carbonyl (C=O) groups is 1. The Hall–Kier alpha value is -2.09. The summed E-state index contributed by atoms with van der Waals surface area (Å²) in [6.45, 7) is 6.13. The van der Waals surface area contributed by atoms with Gasteiger partial charge in [-0.1, -0.05) is 18.2 Å². The molecule has 0 amide bonds. The van der Waals surface area contributed by atoms with Crippen LogP contribution in [0.25, 0.3) is 0 Å². The number of hydrogen-bond donors (Lipinski definition) is 0. The number of hydrogen-bond acceptors (Lipinski definition) is 2. The number of carbonyl (C=O) groups excluding carboxylic acids is 1. The summed E-state index contributed by atoms with van der Waals surface area (Å²) >= 11 is 0. The van der Waals surface area contributed by atoms with Crippen molar-refractivity contribution in [2.24, 2.45) is 0 Å². The van der Waals surface area contributed by atoms with Gasteiger partial charge in [-0.05, 0) is 67.6 Å². The van der Waals surface area contributed by atoms with Gasteiger partial charge in [0, 0.05) is 12.0 Å². The first-order chi connectivity index (χ1) is 10.0. The third kappa shape index (κ3) is 3.72. The van der Waals surface area contributed by atoms with Gasteiger partial charge in [0.05, 0.1) is 7.11 Å². The van der Waals surface area contributed by atoms with Crippen LogP contribution in [-0.2, 0) is 6.42 Å². The van der Waals surface area contributed by atoms with Gasteiger partial charge in [-0.15, -0.1) is 0 Å². The largest absolute Gasteiger partial charge is 0.497 e. The summed E-state index contributed by atoms with van der Waals surface area (Å²) in [7, 11) is 1.65. The fraction of sp³-hybridized carbons (Fsp3) is 0.316. The zero-order chi connectivity index (χ0) is 15.4. The highest BCUT2D eigenvalue weighted by atomic mass is 16.5. The topological polar surface area (TPSA) is 26.3 Å². The highest BCUT2D eigenvalue weighted by molar-refractivity contribution is 5.97. The predicted octanol–water partition coefficient (Wildman–Crippen LogP) is 4.44. The number of methoxy groups -OCH3 is 1. The van der Waals surface area contributed by atoms with E-state index in [1.807, 2.05) is 37.3 Å². The van der Waals surface area contributed by atoms with Crippen molar-refractivity contribution in [3.8, 4) is 5.75 Å². The maximum absolute atomic E-state index is 12.4. The Labute approximate surface area is 126 Å². The molecule has 0 atom stereocenters. The number of benzene rings is 2. The number of ketones is 1. The molecule has 0 bridgehead atoms. The standard InChI is InChI=1S/C19H22O2/c1-13-11-15(3)18(12-14(13)2)19(20)10-7-16-5-8-17(21-4)9-6-16/h5-6,8-9,11-12H,7,10H2,1-4H3. The quantitative estimate of drug-likeness (QED) is 0.758. The summed E-state index contributed by atoms with van der Waals surface area (Å²) in [6, 6.07) is 12.0. The van der Waals surface area contributed by atoms with Gasteiger partial charge in [0.2, 0.25) is 0 Å². The minimum absolute atomic E-state index is 0.214. The SMILES string of the molecule is COc1ccc(CCC(=O)c2cc(C)c(C)cc2C)cc1. The van der Waals surface area contributed by atoms with Gasteiger partial charge in [-0.2, -0.15) is 0 Å². The highest BCUT2D eigenvalue weighted by Gasteiger charge is 2.11. The highest BCUT2D eigenvalue weighted by Crippen LogP contribution is 2.18. The van der Waals surface area contributed by atoms with E-state index in [2.05, 4.69) is 19.9 Å². The van der Waals surface area contributed by atoms with Gasteiger partial charge in [0.15, 0.2) is 5.78 Å². The maximum Gasteiger partial charge on any atom is 0.163 e. The lowest BCUT2D eigenvalue weighted by Gasteiger charge is -2.09. The Morgan fingerprint density at radius 3 is 2.19 bits per heavy atom. The van der Waals surface area contributed by atoms with E-state index in [4.69, 9.17) is 4.74 Å². The van der Waals surface area contributed by atoms with Crippen molar-refractivity contribution >= 4 is 5.78 Å². The first-order valence-corrected chi connectivity index (χ1v) is 7.25. The lowest BCUT2D eigenvalue weighted by molar-refractivity contribution is 0.0982. The minimum Gasteiger partial charge on any atom is -0.497 e. The molecule has 0 saturated carbocycles. The molecule has 2 heteroatoms. The minimum atomic E-state index is 0.214. The molecule has 110 valence electrons. The van der Waals surface area contributed by atoms with Gasteiger partial charge >= 0.3 is 0 Å². The summed E-state index contributed by atoms with van der Waals surface area (Å²) in [5.74, 6) is 1.06. The number of ether oxygens (including phenoxy) is 1. The van der Waals surface area contributed by atoms with Crippen molar-refractivity contribution in [3.63, 3.8) is 0 Å². The molecule has 0 aliphatic carbocycles. The van der Waals surface area contributed by atoms with Crippen molar-refractivity contribution in [1.29, 1.82) is 0 Å². The average Bonchev–Trinajstić information content (AvgIpc) is 2.49. The molecule has 0 spiro atoms. The van der Waals surface area contributed by atoms with Crippen LogP contribution in [0.2, 0.25) is 0 Å². The van der Waals surface area contributed by atoms with Crippen LogP contribution in [-0.4, -0.2) is 12.9 Å². The molecule has 0 saturated heterocycles. The molecule has 2 nitrogen and oxygen atoms in total. The van der Waals surface area contributed by atoms with E-state index < -0.39 is 0 Å². The van der Waals surface area contributed by atoms with E-state index in [-0.39, 0.29) is 5.78 Å². The normalized spacial score (nSPS) is 10.5. The second-order valence-electron chi connectivity index (χ2n) is 5.52. The molecule has 2 aromatic rings. The second kappa shape index (κ2) is 6.57. The summed E-state index contributed by atoms with van der Waals surface area (Å²) in [5, 5.41) is 0. The van der Waals surface area contributed by atoms with E-state index in [9.17, 15) is 4.79 Å². The molecule has 0 radical (unpaired) electrons. The molecule has 2 aromatic carbocycles. The summed E-state index contributed by atoms with van der Waals surface area (Å²) < 4.78 is 5.14. The van der Waals surface area contributed by atoms with E-state index >= 15 is 0 Å². The molecule has 2 rings (SSSR count). The summed E-state index contributed by atoms with van der Waals surface area (Å²) in [6.07, 6.45) is 1.30. The van der Waals surface area contributed by atoms with Crippen LogP contribution in [0.3, 0.4) is 0 Å². The van der Waals surface area contributed by atoms with Crippen molar-refractivity contribution < 1.29 is 9.53 Å². The van der Waals surface area contributed by atoms with Crippen molar-refractivity contribution in [2.45, 2.75) is 33.6 Å². The lowest BCUT2D eigenvalue weighted by atomic mass is 9.95. The third-order valence-electron chi connectivity index (χ3n) is 3.94. The van der Waals surface area contributed by atoms with Crippen molar-refractivity contribution in [2.75, 3.05) is 7.11 Å². The Morgan fingerprint density at radius 1 is 0.952 bits per heavy atom. The van der Waals surface area contributed by atoms with Crippen LogP contribution in [0, 0.1) is 20.8 Å². The molecule has 0 fully saturated rings. The molecule has 0 aliphatic rings. The second-order valence-corrected chi connectivity index (χ2v) is 5.52. The summed E-state index contributed by atoms with van der Waals surface area (Å²) in [4.78, 5) is 12.4. The van der Waals surface area contributed by atoms with E-state index in [0.29, 0.717) is 6.42 Å². The number of rotatable bonds is 5. The molecule has 0 heterocycles. The van der Waals surface area contributed by atoms with Crippen LogP contribution in [0.5, 0.6) is 5.75 Å². The Bertz CT molecular complexity index is 639. The lowest BCUT2D eigenvalue weighted by Crippen LogP contribution is -2.05. The van der Waals surface area contributed by atoms with Gasteiger partial charge in [-0.3, -0.25) is 4.79 Å². The van der Waals surface area contributed by atoms with E-state index in [1.54, 1.807) is 7.11 Å². The molecule has 0 unspecified atom stereocenters. The molecule has 0 aromatic heterocycles. The molecule has 0 N–H and O–H groups in total. The number of aryl methyl sites for hydroxylation is 4. The predicted molar refractivity (Wildman–Crippen MR) is 86.3 cm³/mol. The molecule has 0 aliphatic heterocycles. The van der Waals surface area contributed by atoms with Crippen LogP contribution in [0.1, 0.15) is 39.0 Å².